The van der Waals surface area contributed by atoms with Crippen LogP contribution in [-0.4, -0.2) is 31.6 Å². The number of carbonyl (C=O) groups excluding carboxylic acids is 2. The molecular weight excluding hydrogens is 392 g/mol. The number of nitriles is 1. The SMILES string of the molecule is CCN(C(=O)COC(=O)/C=C/c1ccc(OCC#N)cc1)c1cccc2ccccc12. The fraction of sp³-hybridized carbons (Fsp3) is 0.160. The van der Waals surface area contributed by atoms with Crippen molar-refractivity contribution >= 4 is 34.4 Å². The number of rotatable bonds is 8. The number of amides is 1. The van der Waals surface area contributed by atoms with Crippen LogP contribution in [0.5, 0.6) is 5.75 Å². The van der Waals surface area contributed by atoms with Gasteiger partial charge in [0.25, 0.3) is 5.91 Å². The monoisotopic (exact) mass is 414 g/mol. The lowest BCUT2D eigenvalue weighted by molar-refractivity contribution is -0.142. The van der Waals surface area contributed by atoms with Crippen molar-refractivity contribution in [3.63, 3.8) is 0 Å². The molecule has 0 fully saturated rings. The van der Waals surface area contributed by atoms with Gasteiger partial charge in [0, 0.05) is 18.0 Å². The molecule has 6 nitrogen and oxygen atoms in total. The highest BCUT2D eigenvalue weighted by molar-refractivity contribution is 6.04. The average Bonchev–Trinajstić information content (AvgIpc) is 2.81. The van der Waals surface area contributed by atoms with Crippen LogP contribution in [0.15, 0.2) is 72.8 Å². The van der Waals surface area contributed by atoms with Gasteiger partial charge in [0.05, 0.1) is 5.69 Å². The van der Waals surface area contributed by atoms with Gasteiger partial charge in [-0.15, -0.1) is 0 Å². The minimum atomic E-state index is -0.605. The number of nitrogens with zero attached hydrogens (tertiary/aromatic N) is 2. The van der Waals surface area contributed by atoms with Gasteiger partial charge in [-0.2, -0.15) is 5.26 Å². The lowest BCUT2D eigenvalue weighted by Crippen LogP contribution is -2.34. The molecule has 3 rings (SSSR count). The molecule has 0 atom stereocenters. The van der Waals surface area contributed by atoms with Gasteiger partial charge in [-0.1, -0.05) is 48.5 Å². The van der Waals surface area contributed by atoms with E-state index in [1.54, 1.807) is 35.2 Å². The highest BCUT2D eigenvalue weighted by Gasteiger charge is 2.17. The highest BCUT2D eigenvalue weighted by Crippen LogP contribution is 2.26. The summed E-state index contributed by atoms with van der Waals surface area (Å²) in [6, 6.07) is 22.4. The number of benzene rings is 3. The normalized spacial score (nSPS) is 10.6. The maximum absolute atomic E-state index is 12.7. The Bertz CT molecular complexity index is 1120. The molecule has 0 aromatic heterocycles. The summed E-state index contributed by atoms with van der Waals surface area (Å²) in [5.74, 6) is -0.327. The molecule has 6 heteroatoms. The number of hydrogen-bond donors (Lipinski definition) is 0. The van der Waals surface area contributed by atoms with Crippen molar-refractivity contribution in [2.24, 2.45) is 0 Å². The Hall–Kier alpha value is -4.11. The fourth-order valence-corrected chi connectivity index (χ4v) is 3.14. The predicted molar refractivity (Wildman–Crippen MR) is 120 cm³/mol. The molecule has 0 spiro atoms. The molecular formula is C25H22N2O4. The van der Waals surface area contributed by atoms with Crippen LogP contribution >= 0.6 is 0 Å². The van der Waals surface area contributed by atoms with E-state index in [0.29, 0.717) is 12.3 Å². The van der Waals surface area contributed by atoms with Crippen molar-refractivity contribution in [3.8, 4) is 11.8 Å². The van der Waals surface area contributed by atoms with Crippen LogP contribution in [0, 0.1) is 11.3 Å². The van der Waals surface area contributed by atoms with E-state index < -0.39 is 5.97 Å². The van der Waals surface area contributed by atoms with Crippen molar-refractivity contribution in [1.29, 1.82) is 5.26 Å². The molecule has 1 amide bonds. The molecule has 0 saturated heterocycles. The van der Waals surface area contributed by atoms with Gasteiger partial charge in [-0.3, -0.25) is 4.79 Å². The molecule has 0 aliphatic rings. The van der Waals surface area contributed by atoms with Crippen LogP contribution in [-0.2, 0) is 14.3 Å². The number of anilines is 1. The number of carbonyl (C=O) groups is 2. The summed E-state index contributed by atoms with van der Waals surface area (Å²) in [4.78, 5) is 26.4. The predicted octanol–water partition coefficient (Wildman–Crippen LogP) is 4.35. The third-order valence-electron chi connectivity index (χ3n) is 4.61. The zero-order valence-electron chi connectivity index (χ0n) is 17.2. The maximum Gasteiger partial charge on any atom is 0.331 e. The van der Waals surface area contributed by atoms with E-state index in [0.717, 1.165) is 22.0 Å². The molecule has 0 aliphatic heterocycles. The lowest BCUT2D eigenvalue weighted by Gasteiger charge is -2.22. The van der Waals surface area contributed by atoms with Crippen LogP contribution in [0.4, 0.5) is 5.69 Å². The molecule has 0 bridgehead atoms. The highest BCUT2D eigenvalue weighted by atomic mass is 16.5. The molecule has 0 N–H and O–H groups in total. The van der Waals surface area contributed by atoms with Gasteiger partial charge in [0.15, 0.2) is 13.2 Å². The van der Waals surface area contributed by atoms with Gasteiger partial charge in [-0.05, 0) is 42.1 Å². The van der Waals surface area contributed by atoms with Crippen molar-refractivity contribution in [2.45, 2.75) is 6.92 Å². The van der Waals surface area contributed by atoms with Gasteiger partial charge >= 0.3 is 5.97 Å². The first-order chi connectivity index (χ1) is 15.1. The van der Waals surface area contributed by atoms with Crippen molar-refractivity contribution in [2.75, 3.05) is 24.7 Å². The van der Waals surface area contributed by atoms with E-state index in [9.17, 15) is 9.59 Å². The summed E-state index contributed by atoms with van der Waals surface area (Å²) in [5, 5.41) is 10.5. The van der Waals surface area contributed by atoms with Crippen LogP contribution in [0.2, 0.25) is 0 Å². The summed E-state index contributed by atoms with van der Waals surface area (Å²) < 4.78 is 10.3. The van der Waals surface area contributed by atoms with Crippen LogP contribution in [0.1, 0.15) is 12.5 Å². The van der Waals surface area contributed by atoms with Crippen LogP contribution < -0.4 is 9.64 Å². The second kappa shape index (κ2) is 10.6. The largest absolute Gasteiger partial charge is 0.479 e. The summed E-state index contributed by atoms with van der Waals surface area (Å²) in [6.45, 7) is 1.97. The Morgan fingerprint density at radius 2 is 1.77 bits per heavy atom. The van der Waals surface area contributed by atoms with Gasteiger partial charge in [-0.25, -0.2) is 4.79 Å². The fourth-order valence-electron chi connectivity index (χ4n) is 3.14. The summed E-state index contributed by atoms with van der Waals surface area (Å²) >= 11 is 0. The summed E-state index contributed by atoms with van der Waals surface area (Å²) in [5.41, 5.74) is 1.55. The molecule has 0 unspecified atom stereocenters. The van der Waals surface area contributed by atoms with Crippen LogP contribution in [0.25, 0.3) is 16.8 Å². The molecule has 31 heavy (non-hydrogen) atoms. The average molecular weight is 414 g/mol. The standard InChI is InChI=1S/C25H22N2O4/c1-2-27(23-9-5-7-20-6-3-4-8-22(20)23)24(28)18-31-25(29)15-12-19-10-13-21(14-11-19)30-17-16-26/h3-15H,2,17-18H2,1H3/b15-12+. The Morgan fingerprint density at radius 1 is 1.03 bits per heavy atom. The first kappa shape index (κ1) is 21.6. The minimum absolute atomic E-state index is 0.0247. The van der Waals surface area contributed by atoms with Crippen molar-refractivity contribution in [3.05, 3.63) is 78.4 Å². The maximum atomic E-state index is 12.7. The number of fused-ring (bicyclic) bond motifs is 1. The van der Waals surface area contributed by atoms with E-state index in [1.807, 2.05) is 55.5 Å². The van der Waals surface area contributed by atoms with E-state index in [2.05, 4.69) is 0 Å². The second-order valence-electron chi connectivity index (χ2n) is 6.59. The van der Waals surface area contributed by atoms with Gasteiger partial charge in [0.1, 0.15) is 11.8 Å². The number of ether oxygens (including phenoxy) is 2. The third kappa shape index (κ3) is 5.71. The zero-order valence-corrected chi connectivity index (χ0v) is 17.2. The van der Waals surface area contributed by atoms with Crippen molar-refractivity contribution < 1.29 is 19.1 Å². The molecule has 0 aliphatic carbocycles. The Labute approximate surface area is 180 Å². The molecule has 0 heterocycles. The molecule has 0 radical (unpaired) electrons. The molecule has 3 aromatic rings. The molecule has 3 aromatic carbocycles. The van der Waals surface area contributed by atoms with Crippen molar-refractivity contribution in [1.82, 2.24) is 0 Å². The van der Waals surface area contributed by atoms with Gasteiger partial charge < -0.3 is 14.4 Å². The Balaban J connectivity index is 1.59. The smallest absolute Gasteiger partial charge is 0.331 e. The van der Waals surface area contributed by atoms with E-state index in [4.69, 9.17) is 14.7 Å². The first-order valence-corrected chi connectivity index (χ1v) is 9.85. The lowest BCUT2D eigenvalue weighted by atomic mass is 10.1. The number of esters is 1. The topological polar surface area (TPSA) is 79.6 Å². The summed E-state index contributed by atoms with van der Waals surface area (Å²) in [6.07, 6.45) is 2.86. The van der Waals surface area contributed by atoms with Gasteiger partial charge in [0.2, 0.25) is 0 Å². The van der Waals surface area contributed by atoms with E-state index in [-0.39, 0.29) is 19.1 Å². The van der Waals surface area contributed by atoms with E-state index >= 15 is 0 Å². The molecule has 156 valence electrons. The Kier molecular flexibility index (Phi) is 7.39. The minimum Gasteiger partial charge on any atom is -0.479 e. The zero-order chi connectivity index (χ0) is 22.1. The number of hydrogen-bond acceptors (Lipinski definition) is 5. The summed E-state index contributed by atoms with van der Waals surface area (Å²) in [7, 11) is 0. The molecule has 0 saturated carbocycles. The Morgan fingerprint density at radius 3 is 2.52 bits per heavy atom. The number of likely N-dealkylation sites (N-methyl/N-ethyl adjacent to an activating group) is 1. The first-order valence-electron chi connectivity index (χ1n) is 9.85. The quantitative estimate of drug-likeness (QED) is 0.404. The van der Waals surface area contributed by atoms with Crippen LogP contribution in [0.3, 0.4) is 0 Å². The van der Waals surface area contributed by atoms with E-state index in [1.165, 1.54) is 6.08 Å². The second-order valence-corrected chi connectivity index (χ2v) is 6.59. The third-order valence-corrected chi connectivity index (χ3v) is 4.61.